The Bertz CT molecular complexity index is 378. The van der Waals surface area contributed by atoms with Crippen LogP contribution in [0.5, 0.6) is 0 Å². The van der Waals surface area contributed by atoms with E-state index in [4.69, 9.17) is 0 Å². The van der Waals surface area contributed by atoms with Crippen LogP contribution in [0, 0.1) is 17.8 Å². The van der Waals surface area contributed by atoms with Crippen LogP contribution in [0.15, 0.2) is 0 Å². The maximum absolute atomic E-state index is 11.6. The summed E-state index contributed by atoms with van der Waals surface area (Å²) >= 11 is 0. The van der Waals surface area contributed by atoms with Crippen LogP contribution >= 0.6 is 0 Å². The second kappa shape index (κ2) is 9.14. The molecule has 3 atom stereocenters. The maximum atomic E-state index is 11.6. The molecule has 0 amide bonds. The summed E-state index contributed by atoms with van der Waals surface area (Å²) in [7, 11) is -2.80. The Balaban J connectivity index is 2.49. The standard InChI is InChI=1S/C17H35NO2S/c1-5-15-9-10-17(13-18-14(3)4)16(12-15)8-7-11-21(19,20)6-2/h14-18H,5-13H2,1-4H3. The highest BCUT2D eigenvalue weighted by atomic mass is 32.2. The molecule has 1 rings (SSSR count). The molecule has 0 aromatic heterocycles. The van der Waals surface area contributed by atoms with Crippen molar-refractivity contribution in [2.45, 2.75) is 72.3 Å². The predicted octanol–water partition coefficient (Wildman–Crippen LogP) is 3.64. The Labute approximate surface area is 132 Å². The van der Waals surface area contributed by atoms with Crippen molar-refractivity contribution in [3.63, 3.8) is 0 Å². The van der Waals surface area contributed by atoms with Gasteiger partial charge in [-0.3, -0.25) is 0 Å². The fraction of sp³-hybridized carbons (Fsp3) is 1.00. The van der Waals surface area contributed by atoms with Crippen LogP contribution in [-0.2, 0) is 9.84 Å². The fourth-order valence-corrected chi connectivity index (χ4v) is 4.41. The Morgan fingerprint density at radius 2 is 1.86 bits per heavy atom. The molecule has 1 fully saturated rings. The van der Waals surface area contributed by atoms with Crippen molar-refractivity contribution in [1.82, 2.24) is 5.32 Å². The molecule has 0 radical (unpaired) electrons. The maximum Gasteiger partial charge on any atom is 0.150 e. The van der Waals surface area contributed by atoms with E-state index in [0.29, 0.717) is 17.7 Å². The van der Waals surface area contributed by atoms with Gasteiger partial charge in [0.25, 0.3) is 0 Å². The molecule has 1 aliphatic carbocycles. The van der Waals surface area contributed by atoms with Crippen molar-refractivity contribution in [2.24, 2.45) is 17.8 Å². The van der Waals surface area contributed by atoms with Gasteiger partial charge in [-0.05, 0) is 50.0 Å². The highest BCUT2D eigenvalue weighted by Crippen LogP contribution is 2.37. The predicted molar refractivity (Wildman–Crippen MR) is 91.3 cm³/mol. The molecule has 0 saturated heterocycles. The lowest BCUT2D eigenvalue weighted by Gasteiger charge is -2.36. The quantitative estimate of drug-likeness (QED) is 0.706. The average molecular weight is 318 g/mol. The molecular formula is C17H35NO2S. The topological polar surface area (TPSA) is 46.2 Å². The minimum Gasteiger partial charge on any atom is -0.314 e. The van der Waals surface area contributed by atoms with Gasteiger partial charge in [0, 0.05) is 11.8 Å². The summed E-state index contributed by atoms with van der Waals surface area (Å²) in [6.07, 6.45) is 7.16. The number of hydrogen-bond acceptors (Lipinski definition) is 3. The van der Waals surface area contributed by atoms with Crippen molar-refractivity contribution in [2.75, 3.05) is 18.1 Å². The highest BCUT2D eigenvalue weighted by Gasteiger charge is 2.29. The Morgan fingerprint density at radius 1 is 1.14 bits per heavy atom. The van der Waals surface area contributed by atoms with Crippen molar-refractivity contribution in [1.29, 1.82) is 0 Å². The second-order valence-corrected chi connectivity index (χ2v) is 9.52. The summed E-state index contributed by atoms with van der Waals surface area (Å²) < 4.78 is 23.3. The monoisotopic (exact) mass is 317 g/mol. The second-order valence-electron chi connectivity index (χ2n) is 7.05. The van der Waals surface area contributed by atoms with Crippen LogP contribution in [0.3, 0.4) is 0 Å². The Hall–Kier alpha value is -0.0900. The summed E-state index contributed by atoms with van der Waals surface area (Å²) in [5.74, 6) is 2.96. The van der Waals surface area contributed by atoms with Crippen LogP contribution in [0.4, 0.5) is 0 Å². The molecule has 4 heteroatoms. The number of sulfone groups is 1. The van der Waals surface area contributed by atoms with Gasteiger partial charge in [0.2, 0.25) is 0 Å². The van der Waals surface area contributed by atoms with Crippen molar-refractivity contribution in [3.8, 4) is 0 Å². The first-order chi connectivity index (χ1) is 9.88. The molecule has 0 bridgehead atoms. The van der Waals surface area contributed by atoms with E-state index < -0.39 is 9.84 Å². The molecule has 3 unspecified atom stereocenters. The summed E-state index contributed by atoms with van der Waals surface area (Å²) in [6, 6.07) is 0.537. The van der Waals surface area contributed by atoms with E-state index >= 15 is 0 Å². The lowest BCUT2D eigenvalue weighted by Crippen LogP contribution is -2.36. The Morgan fingerprint density at radius 3 is 2.43 bits per heavy atom. The number of rotatable bonds is 9. The third kappa shape index (κ3) is 7.14. The van der Waals surface area contributed by atoms with Crippen LogP contribution < -0.4 is 5.32 Å². The molecule has 0 spiro atoms. The summed E-state index contributed by atoms with van der Waals surface area (Å²) in [6.45, 7) is 9.52. The van der Waals surface area contributed by atoms with Gasteiger partial charge in [-0.2, -0.15) is 0 Å². The number of hydrogen-bond donors (Lipinski definition) is 1. The first-order valence-electron chi connectivity index (χ1n) is 8.81. The molecule has 0 heterocycles. The van der Waals surface area contributed by atoms with Crippen molar-refractivity contribution < 1.29 is 8.42 Å². The molecule has 1 saturated carbocycles. The van der Waals surface area contributed by atoms with Crippen LogP contribution in [0.25, 0.3) is 0 Å². The molecule has 3 nitrogen and oxygen atoms in total. The molecule has 0 aromatic rings. The fourth-order valence-electron chi connectivity index (χ4n) is 3.51. The molecule has 1 N–H and O–H groups in total. The van der Waals surface area contributed by atoms with Crippen molar-refractivity contribution in [3.05, 3.63) is 0 Å². The zero-order valence-corrected chi connectivity index (χ0v) is 15.2. The van der Waals surface area contributed by atoms with Crippen LogP contribution in [0.2, 0.25) is 0 Å². The van der Waals surface area contributed by atoms with E-state index in [9.17, 15) is 8.42 Å². The third-order valence-electron chi connectivity index (χ3n) is 5.08. The molecule has 0 aromatic carbocycles. The van der Waals surface area contributed by atoms with Crippen LogP contribution in [0.1, 0.15) is 66.2 Å². The lowest BCUT2D eigenvalue weighted by molar-refractivity contribution is 0.160. The molecular weight excluding hydrogens is 282 g/mol. The molecule has 21 heavy (non-hydrogen) atoms. The van der Waals surface area contributed by atoms with Gasteiger partial charge in [0.15, 0.2) is 0 Å². The average Bonchev–Trinajstić information content (AvgIpc) is 2.45. The van der Waals surface area contributed by atoms with E-state index in [0.717, 1.165) is 31.2 Å². The highest BCUT2D eigenvalue weighted by molar-refractivity contribution is 7.91. The van der Waals surface area contributed by atoms with Crippen LogP contribution in [-0.4, -0.2) is 32.5 Å². The minimum absolute atomic E-state index is 0.285. The van der Waals surface area contributed by atoms with E-state index in [-0.39, 0.29) is 5.75 Å². The summed E-state index contributed by atoms with van der Waals surface area (Å²) in [5, 5.41) is 3.58. The third-order valence-corrected chi connectivity index (χ3v) is 6.87. The first-order valence-corrected chi connectivity index (χ1v) is 10.6. The van der Waals surface area contributed by atoms with Gasteiger partial charge >= 0.3 is 0 Å². The summed E-state index contributed by atoms with van der Waals surface area (Å²) in [4.78, 5) is 0. The summed E-state index contributed by atoms with van der Waals surface area (Å²) in [5.41, 5.74) is 0. The first kappa shape index (κ1) is 19.0. The van der Waals surface area contributed by atoms with E-state index in [1.54, 1.807) is 6.92 Å². The lowest BCUT2D eigenvalue weighted by atomic mass is 9.71. The molecule has 126 valence electrons. The van der Waals surface area contributed by atoms with Gasteiger partial charge in [0.05, 0.1) is 5.75 Å². The Kier molecular flexibility index (Phi) is 8.25. The zero-order chi connectivity index (χ0) is 15.9. The molecule has 0 aliphatic heterocycles. The number of nitrogens with one attached hydrogen (secondary N) is 1. The molecule has 1 aliphatic rings. The smallest absolute Gasteiger partial charge is 0.150 e. The van der Waals surface area contributed by atoms with E-state index in [1.165, 1.54) is 25.7 Å². The minimum atomic E-state index is -2.80. The van der Waals surface area contributed by atoms with E-state index in [2.05, 4.69) is 26.1 Å². The zero-order valence-electron chi connectivity index (χ0n) is 14.4. The van der Waals surface area contributed by atoms with Gasteiger partial charge in [-0.25, -0.2) is 8.42 Å². The van der Waals surface area contributed by atoms with Gasteiger partial charge in [-0.15, -0.1) is 0 Å². The largest absolute Gasteiger partial charge is 0.314 e. The SMILES string of the molecule is CCC1CCC(CNC(C)C)C(CCCS(=O)(=O)CC)C1. The van der Waals surface area contributed by atoms with Crippen molar-refractivity contribution >= 4 is 9.84 Å². The normalized spacial score (nSPS) is 27.2. The van der Waals surface area contributed by atoms with E-state index in [1.807, 2.05) is 0 Å². The van der Waals surface area contributed by atoms with Gasteiger partial charge in [-0.1, -0.05) is 40.5 Å². The van der Waals surface area contributed by atoms with Gasteiger partial charge in [0.1, 0.15) is 9.84 Å². The van der Waals surface area contributed by atoms with Gasteiger partial charge < -0.3 is 5.32 Å².